The van der Waals surface area contributed by atoms with Crippen molar-refractivity contribution >= 4 is 11.0 Å². The fourth-order valence-corrected chi connectivity index (χ4v) is 2.51. The lowest BCUT2D eigenvalue weighted by Crippen LogP contribution is -2.37. The molecule has 0 spiro atoms. The summed E-state index contributed by atoms with van der Waals surface area (Å²) < 4.78 is 15.3. The van der Waals surface area contributed by atoms with Crippen molar-refractivity contribution in [2.75, 3.05) is 20.1 Å². The van der Waals surface area contributed by atoms with Gasteiger partial charge in [0.05, 0.1) is 39.4 Å². The van der Waals surface area contributed by atoms with Crippen LogP contribution in [0.25, 0.3) is 0 Å². The van der Waals surface area contributed by atoms with E-state index in [0.717, 1.165) is 30.9 Å². The summed E-state index contributed by atoms with van der Waals surface area (Å²) in [7, 11) is 0.956. The third-order valence-corrected chi connectivity index (χ3v) is 4.91. The van der Waals surface area contributed by atoms with Gasteiger partial charge in [0, 0.05) is 6.20 Å². The first-order valence-corrected chi connectivity index (χ1v) is 8.54. The number of nitrogens with zero attached hydrogens (tertiary/aromatic N) is 3. The van der Waals surface area contributed by atoms with E-state index >= 15 is 0 Å². The number of nitrogens with one attached hydrogen (secondary N) is 1. The summed E-state index contributed by atoms with van der Waals surface area (Å²) in [4.78, 5) is 11.0. The Hall–Kier alpha value is -0.850. The number of hydrogen-bond acceptors (Lipinski definition) is 4. The van der Waals surface area contributed by atoms with Crippen LogP contribution in [0, 0.1) is 6.92 Å². The molecule has 0 aromatic carbocycles. The van der Waals surface area contributed by atoms with Crippen molar-refractivity contribution in [1.29, 1.82) is 0 Å². The summed E-state index contributed by atoms with van der Waals surface area (Å²) in [6.45, 7) is 11.9. The summed E-state index contributed by atoms with van der Waals surface area (Å²) in [5, 5.41) is 0. The summed E-state index contributed by atoms with van der Waals surface area (Å²) in [5.74, 6) is 0. The Morgan fingerprint density at radius 2 is 2.00 bits per heavy atom. The molecule has 1 N–H and O–H groups in total. The Labute approximate surface area is 131 Å². The van der Waals surface area contributed by atoms with E-state index in [1.54, 1.807) is 12.4 Å². The van der Waals surface area contributed by atoms with Crippen LogP contribution in [0.2, 0.25) is 0 Å². The van der Waals surface area contributed by atoms with Crippen LogP contribution in [-0.4, -0.2) is 44.0 Å². The number of aromatic nitrogens is 2. The highest BCUT2D eigenvalue weighted by molar-refractivity contribution is 7.84. The average Bonchev–Trinajstić information content (AvgIpc) is 2.42. The van der Waals surface area contributed by atoms with Crippen LogP contribution in [-0.2, 0) is 11.0 Å². The molecule has 120 valence electrons. The summed E-state index contributed by atoms with van der Waals surface area (Å²) in [6.07, 6.45) is 4.39. The monoisotopic (exact) mass is 312 g/mol. The maximum atomic E-state index is 12.4. The Bertz CT molecular complexity index is 456. The molecule has 0 fully saturated rings. The minimum atomic E-state index is -1.13. The van der Waals surface area contributed by atoms with Crippen molar-refractivity contribution in [2.24, 2.45) is 0 Å². The topological polar surface area (TPSA) is 58.1 Å². The molecule has 6 heteroatoms. The standard InChI is InChI=1S/C15H28N4OS/c1-7-19(6)9-8-13(18-21(20)15(3,4)5)14-11-16-12(2)10-17-14/h10-11,13,18H,7-9H2,1-6H3/t13?,21-/m1/s1. The van der Waals surface area contributed by atoms with E-state index < -0.39 is 11.0 Å². The zero-order chi connectivity index (χ0) is 16.0. The summed E-state index contributed by atoms with van der Waals surface area (Å²) in [6, 6.07) is -0.0489. The summed E-state index contributed by atoms with van der Waals surface area (Å²) in [5.41, 5.74) is 1.74. The second-order valence-corrected chi connectivity index (χ2v) is 8.32. The van der Waals surface area contributed by atoms with Gasteiger partial charge in [-0.3, -0.25) is 9.97 Å². The largest absolute Gasteiger partial charge is 0.307 e. The summed E-state index contributed by atoms with van der Waals surface area (Å²) >= 11 is 0. The molecule has 0 aliphatic carbocycles. The first-order valence-electron chi connectivity index (χ1n) is 7.39. The van der Waals surface area contributed by atoms with Crippen molar-refractivity contribution in [3.8, 4) is 0 Å². The average molecular weight is 312 g/mol. The predicted octanol–water partition coefficient (Wildman–Crippen LogP) is 2.22. The van der Waals surface area contributed by atoms with Crippen LogP contribution in [0.1, 0.15) is 51.5 Å². The normalized spacial score (nSPS) is 15.2. The van der Waals surface area contributed by atoms with Gasteiger partial charge in [-0.25, -0.2) is 8.93 Å². The second kappa shape index (κ2) is 7.96. The third kappa shape index (κ3) is 6.20. The van der Waals surface area contributed by atoms with E-state index in [4.69, 9.17) is 0 Å². The second-order valence-electron chi connectivity index (χ2n) is 6.32. The molecule has 21 heavy (non-hydrogen) atoms. The maximum absolute atomic E-state index is 12.4. The molecule has 0 aliphatic heterocycles. The lowest BCUT2D eigenvalue weighted by molar-refractivity contribution is 0.329. The number of aryl methyl sites for hydroxylation is 1. The van der Waals surface area contributed by atoms with Gasteiger partial charge >= 0.3 is 0 Å². The van der Waals surface area contributed by atoms with Gasteiger partial charge < -0.3 is 4.90 Å². The van der Waals surface area contributed by atoms with Gasteiger partial charge in [0.1, 0.15) is 0 Å². The molecule has 0 amide bonds. The van der Waals surface area contributed by atoms with E-state index in [0.29, 0.717) is 0 Å². The Morgan fingerprint density at radius 3 is 2.48 bits per heavy atom. The lowest BCUT2D eigenvalue weighted by Gasteiger charge is -2.25. The predicted molar refractivity (Wildman–Crippen MR) is 88.3 cm³/mol. The van der Waals surface area contributed by atoms with Gasteiger partial charge in [0.2, 0.25) is 0 Å². The van der Waals surface area contributed by atoms with Crippen LogP contribution in [0.3, 0.4) is 0 Å². The minimum Gasteiger partial charge on any atom is -0.307 e. The minimum absolute atomic E-state index is 0.0489. The highest BCUT2D eigenvalue weighted by Gasteiger charge is 2.24. The molecule has 0 radical (unpaired) electrons. The van der Waals surface area contributed by atoms with Crippen LogP contribution in [0.4, 0.5) is 0 Å². The molecular formula is C15H28N4OS. The molecule has 0 saturated heterocycles. The molecule has 1 aromatic heterocycles. The smallest absolute Gasteiger partial charge is 0.0976 e. The molecule has 2 atom stereocenters. The molecule has 0 saturated carbocycles. The van der Waals surface area contributed by atoms with Crippen molar-refractivity contribution in [3.05, 3.63) is 23.8 Å². The Balaban J connectivity index is 2.84. The Kier molecular flexibility index (Phi) is 6.90. The maximum Gasteiger partial charge on any atom is 0.0976 e. The zero-order valence-electron chi connectivity index (χ0n) is 14.0. The zero-order valence-corrected chi connectivity index (χ0v) is 14.8. The van der Waals surface area contributed by atoms with E-state index in [1.807, 2.05) is 27.7 Å². The van der Waals surface area contributed by atoms with Gasteiger partial charge in [0.15, 0.2) is 0 Å². The number of hydrogen-bond donors (Lipinski definition) is 1. The van der Waals surface area contributed by atoms with E-state index in [9.17, 15) is 4.21 Å². The van der Waals surface area contributed by atoms with E-state index in [1.165, 1.54) is 0 Å². The van der Waals surface area contributed by atoms with Gasteiger partial charge in [-0.1, -0.05) is 6.92 Å². The number of rotatable bonds is 7. The molecule has 1 unspecified atom stereocenters. The molecule has 1 aromatic rings. The van der Waals surface area contributed by atoms with Crippen LogP contribution >= 0.6 is 0 Å². The fourth-order valence-electron chi connectivity index (χ4n) is 1.66. The van der Waals surface area contributed by atoms with Gasteiger partial charge in [0.25, 0.3) is 0 Å². The first kappa shape index (κ1) is 18.2. The fraction of sp³-hybridized carbons (Fsp3) is 0.733. The SMILES string of the molecule is CCN(C)CCC(N[S@](=O)C(C)(C)C)c1cnc(C)cn1. The van der Waals surface area contributed by atoms with Gasteiger partial charge in [-0.2, -0.15) is 0 Å². The van der Waals surface area contributed by atoms with Crippen LogP contribution in [0.5, 0.6) is 0 Å². The van der Waals surface area contributed by atoms with Crippen molar-refractivity contribution in [3.63, 3.8) is 0 Å². The third-order valence-electron chi connectivity index (χ3n) is 3.30. The molecule has 0 aliphatic rings. The van der Waals surface area contributed by atoms with Crippen molar-refractivity contribution < 1.29 is 4.21 Å². The quantitative estimate of drug-likeness (QED) is 0.839. The molecular weight excluding hydrogens is 284 g/mol. The van der Waals surface area contributed by atoms with Gasteiger partial charge in [-0.15, -0.1) is 0 Å². The molecule has 1 heterocycles. The lowest BCUT2D eigenvalue weighted by atomic mass is 10.1. The molecule has 5 nitrogen and oxygen atoms in total. The van der Waals surface area contributed by atoms with E-state index in [2.05, 4.69) is 33.6 Å². The van der Waals surface area contributed by atoms with Crippen molar-refractivity contribution in [1.82, 2.24) is 19.6 Å². The van der Waals surface area contributed by atoms with Gasteiger partial charge in [-0.05, 0) is 54.3 Å². The molecule has 0 bridgehead atoms. The first-order chi connectivity index (χ1) is 9.74. The highest BCUT2D eigenvalue weighted by Crippen LogP contribution is 2.18. The Morgan fingerprint density at radius 1 is 1.33 bits per heavy atom. The highest BCUT2D eigenvalue weighted by atomic mass is 32.2. The molecule has 1 rings (SSSR count). The van der Waals surface area contributed by atoms with Crippen LogP contribution in [0.15, 0.2) is 12.4 Å². The van der Waals surface area contributed by atoms with Crippen LogP contribution < -0.4 is 4.72 Å². The van der Waals surface area contributed by atoms with E-state index in [-0.39, 0.29) is 10.8 Å². The van der Waals surface area contributed by atoms with Crippen molar-refractivity contribution in [2.45, 2.75) is 51.8 Å².